The zero-order valence-corrected chi connectivity index (χ0v) is 15.5. The van der Waals surface area contributed by atoms with Crippen LogP contribution < -0.4 is 10.5 Å². The molecular weight excluding hydrogens is 336 g/mol. The third kappa shape index (κ3) is 2.76. The van der Waals surface area contributed by atoms with Gasteiger partial charge in [-0.05, 0) is 38.5 Å². The first-order valence-electron chi connectivity index (χ1n) is 8.80. The molecule has 5 nitrogen and oxygen atoms in total. The molecule has 0 radical (unpaired) electrons. The van der Waals surface area contributed by atoms with Crippen molar-refractivity contribution in [1.29, 1.82) is 5.26 Å². The van der Waals surface area contributed by atoms with Crippen molar-refractivity contribution in [3.63, 3.8) is 0 Å². The number of nitriles is 1. The molecule has 27 heavy (non-hydrogen) atoms. The lowest BCUT2D eigenvalue weighted by molar-refractivity contribution is 0.367. The number of benzene rings is 2. The van der Waals surface area contributed by atoms with Crippen LogP contribution in [0.2, 0.25) is 0 Å². The molecule has 5 heteroatoms. The molecule has 2 N–H and O–H groups in total. The highest BCUT2D eigenvalue weighted by Crippen LogP contribution is 2.44. The van der Waals surface area contributed by atoms with Gasteiger partial charge >= 0.3 is 0 Å². The predicted octanol–water partition coefficient (Wildman–Crippen LogP) is 4.02. The molecule has 1 aromatic heterocycles. The van der Waals surface area contributed by atoms with Gasteiger partial charge < -0.3 is 10.5 Å². The molecule has 0 unspecified atom stereocenters. The van der Waals surface area contributed by atoms with Crippen molar-refractivity contribution >= 4 is 0 Å². The largest absolute Gasteiger partial charge is 0.422 e. The Morgan fingerprint density at radius 1 is 1.00 bits per heavy atom. The Kier molecular flexibility index (Phi) is 3.97. The first kappa shape index (κ1) is 16.9. The predicted molar refractivity (Wildman–Crippen MR) is 104 cm³/mol. The van der Waals surface area contributed by atoms with E-state index in [1.54, 1.807) is 4.68 Å². The van der Waals surface area contributed by atoms with Crippen LogP contribution in [0.1, 0.15) is 33.9 Å². The van der Waals surface area contributed by atoms with Crippen molar-refractivity contribution in [2.45, 2.75) is 26.7 Å². The zero-order valence-electron chi connectivity index (χ0n) is 15.5. The summed E-state index contributed by atoms with van der Waals surface area (Å²) in [5.41, 5.74) is 12.5. The lowest BCUT2D eigenvalue weighted by Gasteiger charge is -2.25. The van der Waals surface area contributed by atoms with Crippen LogP contribution in [0.25, 0.3) is 5.69 Å². The highest BCUT2D eigenvalue weighted by atomic mass is 16.5. The summed E-state index contributed by atoms with van der Waals surface area (Å²) in [5, 5.41) is 14.4. The molecule has 0 saturated heterocycles. The highest BCUT2D eigenvalue weighted by molar-refractivity contribution is 5.57. The van der Waals surface area contributed by atoms with Crippen molar-refractivity contribution in [1.82, 2.24) is 9.78 Å². The fourth-order valence-corrected chi connectivity index (χ4v) is 3.47. The van der Waals surface area contributed by atoms with Gasteiger partial charge in [-0.25, -0.2) is 4.68 Å². The number of aromatic nitrogens is 2. The number of nitrogens with two attached hydrogens (primary N) is 1. The van der Waals surface area contributed by atoms with Gasteiger partial charge in [0.25, 0.3) is 0 Å². The van der Waals surface area contributed by atoms with E-state index in [4.69, 9.17) is 10.5 Å². The molecule has 4 rings (SSSR count). The Bertz CT molecular complexity index is 1080. The summed E-state index contributed by atoms with van der Waals surface area (Å²) in [6.07, 6.45) is 0. The molecule has 134 valence electrons. The van der Waals surface area contributed by atoms with Crippen LogP contribution in [0.15, 0.2) is 60.0 Å². The third-order valence-corrected chi connectivity index (χ3v) is 4.92. The summed E-state index contributed by atoms with van der Waals surface area (Å²) >= 11 is 0. The number of ether oxygens (including phenoxy) is 1. The van der Waals surface area contributed by atoms with Crippen LogP contribution in [-0.2, 0) is 0 Å². The van der Waals surface area contributed by atoms with Crippen LogP contribution in [0.4, 0.5) is 0 Å². The minimum atomic E-state index is -0.293. The second-order valence-corrected chi connectivity index (χ2v) is 6.89. The summed E-state index contributed by atoms with van der Waals surface area (Å²) in [5.74, 6) is 0.404. The molecule has 1 aliphatic rings. The van der Waals surface area contributed by atoms with Crippen molar-refractivity contribution in [2.24, 2.45) is 5.73 Å². The van der Waals surface area contributed by atoms with E-state index in [1.165, 1.54) is 5.56 Å². The smallest absolute Gasteiger partial charge is 0.229 e. The van der Waals surface area contributed by atoms with Gasteiger partial charge in [-0.1, -0.05) is 47.5 Å². The van der Waals surface area contributed by atoms with E-state index in [1.807, 2.05) is 69.3 Å². The summed E-state index contributed by atoms with van der Waals surface area (Å²) in [4.78, 5) is 0. The van der Waals surface area contributed by atoms with Crippen molar-refractivity contribution in [3.05, 3.63) is 87.9 Å². The Hall–Kier alpha value is -3.52. The van der Waals surface area contributed by atoms with Gasteiger partial charge in [-0.15, -0.1) is 0 Å². The Labute approximate surface area is 158 Å². The summed E-state index contributed by atoms with van der Waals surface area (Å²) in [7, 11) is 0. The standard InChI is InChI=1S/C22H20N4O/c1-13-4-8-16(9-5-13)20-18(12-23)21(24)27-22-19(20)15(3)25-26(22)17-10-6-14(2)7-11-17/h4-11,20H,24H2,1-3H3/t20-/m1/s1. The Morgan fingerprint density at radius 3 is 2.19 bits per heavy atom. The van der Waals surface area contributed by atoms with Gasteiger partial charge in [0.1, 0.15) is 11.6 Å². The number of fused-ring (bicyclic) bond motifs is 1. The maximum Gasteiger partial charge on any atom is 0.229 e. The quantitative estimate of drug-likeness (QED) is 0.752. The first-order chi connectivity index (χ1) is 13.0. The van der Waals surface area contributed by atoms with E-state index in [0.29, 0.717) is 11.5 Å². The molecular formula is C22H20N4O. The lowest BCUT2D eigenvalue weighted by Crippen LogP contribution is -2.22. The Morgan fingerprint density at radius 2 is 1.59 bits per heavy atom. The molecule has 0 aliphatic carbocycles. The zero-order chi connectivity index (χ0) is 19.1. The second-order valence-electron chi connectivity index (χ2n) is 6.89. The van der Waals surface area contributed by atoms with Crippen molar-refractivity contribution in [3.8, 4) is 17.6 Å². The van der Waals surface area contributed by atoms with Crippen LogP contribution >= 0.6 is 0 Å². The van der Waals surface area contributed by atoms with E-state index in [9.17, 15) is 5.26 Å². The van der Waals surface area contributed by atoms with E-state index in [2.05, 4.69) is 11.2 Å². The van der Waals surface area contributed by atoms with Gasteiger partial charge in [0.2, 0.25) is 11.8 Å². The van der Waals surface area contributed by atoms with Crippen molar-refractivity contribution in [2.75, 3.05) is 0 Å². The average Bonchev–Trinajstić information content (AvgIpc) is 2.98. The molecule has 1 aliphatic heterocycles. The number of hydrogen-bond donors (Lipinski definition) is 1. The van der Waals surface area contributed by atoms with Crippen LogP contribution in [0.5, 0.6) is 5.88 Å². The van der Waals surface area contributed by atoms with Crippen LogP contribution in [0.3, 0.4) is 0 Å². The molecule has 2 aromatic carbocycles. The molecule has 0 bridgehead atoms. The number of rotatable bonds is 2. The minimum Gasteiger partial charge on any atom is -0.422 e. The fourth-order valence-electron chi connectivity index (χ4n) is 3.47. The monoisotopic (exact) mass is 356 g/mol. The normalized spacial score (nSPS) is 15.9. The van der Waals surface area contributed by atoms with E-state index in [0.717, 1.165) is 28.1 Å². The number of hydrogen-bond acceptors (Lipinski definition) is 4. The molecule has 0 saturated carbocycles. The second kappa shape index (κ2) is 6.33. The SMILES string of the molecule is Cc1ccc([C@@H]2C(C#N)=C(N)Oc3c2c(C)nn3-c2ccc(C)cc2)cc1. The van der Waals surface area contributed by atoms with Gasteiger partial charge in [-0.2, -0.15) is 10.4 Å². The molecule has 0 fully saturated rings. The number of aryl methyl sites for hydroxylation is 3. The number of nitrogens with zero attached hydrogens (tertiary/aromatic N) is 3. The van der Waals surface area contributed by atoms with Gasteiger partial charge in [0.05, 0.1) is 22.9 Å². The minimum absolute atomic E-state index is 0.129. The van der Waals surface area contributed by atoms with Crippen LogP contribution in [-0.4, -0.2) is 9.78 Å². The number of allylic oxidation sites excluding steroid dienone is 1. The molecule has 2 heterocycles. The van der Waals surface area contributed by atoms with Gasteiger partial charge in [0.15, 0.2) is 0 Å². The van der Waals surface area contributed by atoms with Crippen molar-refractivity contribution < 1.29 is 4.74 Å². The van der Waals surface area contributed by atoms with E-state index >= 15 is 0 Å². The lowest BCUT2D eigenvalue weighted by atomic mass is 9.84. The topological polar surface area (TPSA) is 76.9 Å². The summed E-state index contributed by atoms with van der Waals surface area (Å²) in [6.45, 7) is 6.01. The Balaban J connectivity index is 1.93. The summed E-state index contributed by atoms with van der Waals surface area (Å²) < 4.78 is 7.64. The average molecular weight is 356 g/mol. The molecule has 3 aromatic rings. The molecule has 1 atom stereocenters. The van der Waals surface area contributed by atoms with Crippen LogP contribution in [0, 0.1) is 32.1 Å². The van der Waals surface area contributed by atoms with Gasteiger partial charge in [-0.3, -0.25) is 0 Å². The third-order valence-electron chi connectivity index (χ3n) is 4.92. The van der Waals surface area contributed by atoms with Gasteiger partial charge in [0, 0.05) is 0 Å². The van der Waals surface area contributed by atoms with E-state index in [-0.39, 0.29) is 11.8 Å². The molecule has 0 spiro atoms. The maximum absolute atomic E-state index is 9.72. The first-order valence-corrected chi connectivity index (χ1v) is 8.80. The highest BCUT2D eigenvalue weighted by Gasteiger charge is 2.36. The summed E-state index contributed by atoms with van der Waals surface area (Å²) in [6, 6.07) is 18.4. The fraction of sp³-hybridized carbons (Fsp3) is 0.182. The van der Waals surface area contributed by atoms with E-state index < -0.39 is 0 Å². The molecule has 0 amide bonds. The maximum atomic E-state index is 9.72.